The molecule has 3 nitrogen and oxygen atoms in total. The molecule has 0 spiro atoms. The second-order valence-electron chi connectivity index (χ2n) is 3.41. The molecule has 0 saturated heterocycles. The molecule has 0 bridgehead atoms. The van der Waals surface area contributed by atoms with Gasteiger partial charge < -0.3 is 10.6 Å². The van der Waals surface area contributed by atoms with Crippen LogP contribution in [-0.2, 0) is 11.2 Å². The molecule has 14 heavy (non-hydrogen) atoms. The van der Waals surface area contributed by atoms with Gasteiger partial charge in [0.25, 0.3) is 0 Å². The largest absolute Gasteiger partial charge is 0.368 e. The number of primary amides is 1. The Balaban J connectivity index is 2.26. The Labute approximate surface area is 87.4 Å². The molecule has 0 saturated carbocycles. The summed E-state index contributed by atoms with van der Waals surface area (Å²) in [5.74, 6) is -0.298. The van der Waals surface area contributed by atoms with E-state index in [1.807, 2.05) is 23.1 Å². The van der Waals surface area contributed by atoms with Gasteiger partial charge in [-0.25, -0.2) is 0 Å². The molecule has 1 aromatic rings. The third-order valence-corrected chi connectivity index (χ3v) is 2.62. The van der Waals surface area contributed by atoms with Gasteiger partial charge in [0.1, 0.15) is 0 Å². The van der Waals surface area contributed by atoms with Crippen molar-refractivity contribution in [2.45, 2.75) is 6.42 Å². The lowest BCUT2D eigenvalue weighted by Gasteiger charge is -2.16. The van der Waals surface area contributed by atoms with E-state index in [9.17, 15) is 4.79 Å². The summed E-state index contributed by atoms with van der Waals surface area (Å²) >= 11 is 5.87. The SMILES string of the molecule is NC(=O)CN1CCc2cc(Cl)ccc21. The maximum atomic E-state index is 10.8. The maximum absolute atomic E-state index is 10.8. The average molecular weight is 211 g/mol. The van der Waals surface area contributed by atoms with Gasteiger partial charge in [-0.15, -0.1) is 0 Å². The van der Waals surface area contributed by atoms with Gasteiger partial charge in [-0.1, -0.05) is 11.6 Å². The fourth-order valence-electron chi connectivity index (χ4n) is 1.79. The van der Waals surface area contributed by atoms with Crippen molar-refractivity contribution in [3.8, 4) is 0 Å². The number of rotatable bonds is 2. The Bertz CT molecular complexity index is 378. The van der Waals surface area contributed by atoms with E-state index in [1.165, 1.54) is 5.56 Å². The number of amides is 1. The topological polar surface area (TPSA) is 46.3 Å². The fourth-order valence-corrected chi connectivity index (χ4v) is 1.99. The minimum atomic E-state index is -0.298. The van der Waals surface area contributed by atoms with Crippen molar-refractivity contribution in [2.75, 3.05) is 18.0 Å². The molecule has 2 N–H and O–H groups in total. The van der Waals surface area contributed by atoms with Crippen LogP contribution in [0, 0.1) is 0 Å². The normalized spacial score (nSPS) is 14.2. The summed E-state index contributed by atoms with van der Waals surface area (Å²) in [6.45, 7) is 1.13. The van der Waals surface area contributed by atoms with Gasteiger partial charge in [-0.3, -0.25) is 4.79 Å². The molecule has 74 valence electrons. The number of hydrogen-bond acceptors (Lipinski definition) is 2. The molecule has 0 aliphatic carbocycles. The highest BCUT2D eigenvalue weighted by Crippen LogP contribution is 2.29. The van der Waals surface area contributed by atoms with Gasteiger partial charge in [0.2, 0.25) is 5.91 Å². The second-order valence-corrected chi connectivity index (χ2v) is 3.85. The fraction of sp³-hybridized carbons (Fsp3) is 0.300. The molecule has 1 aliphatic heterocycles. The van der Waals surface area contributed by atoms with Crippen LogP contribution in [0.3, 0.4) is 0 Å². The van der Waals surface area contributed by atoms with Crippen molar-refractivity contribution in [1.82, 2.24) is 0 Å². The monoisotopic (exact) mass is 210 g/mol. The number of fused-ring (bicyclic) bond motifs is 1. The van der Waals surface area contributed by atoms with Crippen molar-refractivity contribution in [1.29, 1.82) is 0 Å². The Morgan fingerprint density at radius 1 is 1.57 bits per heavy atom. The van der Waals surface area contributed by atoms with Crippen molar-refractivity contribution < 1.29 is 4.79 Å². The maximum Gasteiger partial charge on any atom is 0.236 e. The lowest BCUT2D eigenvalue weighted by Crippen LogP contribution is -2.32. The highest BCUT2D eigenvalue weighted by atomic mass is 35.5. The number of carbonyl (C=O) groups is 1. The van der Waals surface area contributed by atoms with Gasteiger partial charge in [0.05, 0.1) is 6.54 Å². The Morgan fingerprint density at radius 2 is 2.36 bits per heavy atom. The summed E-state index contributed by atoms with van der Waals surface area (Å²) in [7, 11) is 0. The first kappa shape index (κ1) is 9.34. The lowest BCUT2D eigenvalue weighted by atomic mass is 10.2. The molecule has 0 atom stereocenters. The van der Waals surface area contributed by atoms with Crippen molar-refractivity contribution >= 4 is 23.2 Å². The van der Waals surface area contributed by atoms with Crippen LogP contribution in [0.2, 0.25) is 5.02 Å². The van der Waals surface area contributed by atoms with E-state index in [0.29, 0.717) is 0 Å². The molecule has 1 amide bonds. The Morgan fingerprint density at radius 3 is 3.07 bits per heavy atom. The molecule has 0 unspecified atom stereocenters. The van der Waals surface area contributed by atoms with Crippen LogP contribution in [0.4, 0.5) is 5.69 Å². The van der Waals surface area contributed by atoms with Crippen molar-refractivity contribution in [3.63, 3.8) is 0 Å². The number of nitrogens with zero attached hydrogens (tertiary/aromatic N) is 1. The van der Waals surface area contributed by atoms with E-state index in [0.717, 1.165) is 23.7 Å². The van der Waals surface area contributed by atoms with E-state index < -0.39 is 0 Å². The van der Waals surface area contributed by atoms with Gasteiger partial charge >= 0.3 is 0 Å². The minimum absolute atomic E-state index is 0.286. The molecule has 2 rings (SSSR count). The highest BCUT2D eigenvalue weighted by molar-refractivity contribution is 6.30. The van der Waals surface area contributed by atoms with Gasteiger partial charge in [0, 0.05) is 17.3 Å². The third-order valence-electron chi connectivity index (χ3n) is 2.38. The first-order chi connectivity index (χ1) is 6.66. The second kappa shape index (κ2) is 3.50. The van der Waals surface area contributed by atoms with Crippen LogP contribution in [-0.4, -0.2) is 19.0 Å². The van der Waals surface area contributed by atoms with Crippen LogP contribution in [0.25, 0.3) is 0 Å². The van der Waals surface area contributed by atoms with Crippen molar-refractivity contribution in [2.24, 2.45) is 5.73 Å². The molecule has 1 aliphatic rings. The molecular weight excluding hydrogens is 200 g/mol. The van der Waals surface area contributed by atoms with Crippen LogP contribution in [0.1, 0.15) is 5.56 Å². The van der Waals surface area contributed by atoms with E-state index in [1.54, 1.807) is 0 Å². The van der Waals surface area contributed by atoms with Gasteiger partial charge in [0.15, 0.2) is 0 Å². The highest BCUT2D eigenvalue weighted by Gasteiger charge is 2.19. The van der Waals surface area contributed by atoms with E-state index >= 15 is 0 Å². The summed E-state index contributed by atoms with van der Waals surface area (Å²) in [6.07, 6.45) is 0.934. The van der Waals surface area contributed by atoms with Crippen molar-refractivity contribution in [3.05, 3.63) is 28.8 Å². The third kappa shape index (κ3) is 1.68. The Hall–Kier alpha value is -1.22. The van der Waals surface area contributed by atoms with E-state index in [2.05, 4.69) is 0 Å². The zero-order valence-electron chi connectivity index (χ0n) is 7.66. The molecule has 1 aromatic carbocycles. The van der Waals surface area contributed by atoms with Crippen LogP contribution < -0.4 is 10.6 Å². The minimum Gasteiger partial charge on any atom is -0.368 e. The van der Waals surface area contributed by atoms with Crippen LogP contribution in [0.15, 0.2) is 18.2 Å². The predicted molar refractivity (Wildman–Crippen MR) is 56.6 cm³/mol. The van der Waals surface area contributed by atoms with E-state index in [4.69, 9.17) is 17.3 Å². The number of hydrogen-bond donors (Lipinski definition) is 1. The molecule has 0 fully saturated rings. The first-order valence-electron chi connectivity index (χ1n) is 4.48. The van der Waals surface area contributed by atoms with E-state index in [-0.39, 0.29) is 12.5 Å². The summed E-state index contributed by atoms with van der Waals surface area (Å²) in [6, 6.07) is 5.71. The molecular formula is C10H11ClN2O. The van der Waals surface area contributed by atoms with Gasteiger partial charge in [-0.05, 0) is 30.2 Å². The Kier molecular flexibility index (Phi) is 2.33. The lowest BCUT2D eigenvalue weighted by molar-refractivity contribution is -0.116. The zero-order chi connectivity index (χ0) is 10.1. The quantitative estimate of drug-likeness (QED) is 0.797. The zero-order valence-corrected chi connectivity index (χ0v) is 8.42. The van der Waals surface area contributed by atoms with Crippen LogP contribution in [0.5, 0.6) is 0 Å². The summed E-state index contributed by atoms with van der Waals surface area (Å²) < 4.78 is 0. The van der Waals surface area contributed by atoms with Gasteiger partial charge in [-0.2, -0.15) is 0 Å². The number of anilines is 1. The summed E-state index contributed by atoms with van der Waals surface area (Å²) in [5, 5.41) is 0.740. The number of halogens is 1. The number of nitrogens with two attached hydrogens (primary N) is 1. The first-order valence-corrected chi connectivity index (χ1v) is 4.86. The molecule has 1 heterocycles. The summed E-state index contributed by atoms with van der Waals surface area (Å²) in [5.41, 5.74) is 7.42. The van der Waals surface area contributed by atoms with Crippen LogP contribution >= 0.6 is 11.6 Å². The molecule has 4 heteroatoms. The summed E-state index contributed by atoms with van der Waals surface area (Å²) in [4.78, 5) is 12.8. The number of carbonyl (C=O) groups excluding carboxylic acids is 1. The number of benzene rings is 1. The average Bonchev–Trinajstić information content (AvgIpc) is 2.47. The molecule has 0 aromatic heterocycles. The predicted octanol–water partition coefficient (Wildman–Crippen LogP) is 1.19. The molecule has 0 radical (unpaired) electrons. The smallest absolute Gasteiger partial charge is 0.236 e. The standard InChI is InChI=1S/C10H11ClN2O/c11-8-1-2-9-7(5-8)3-4-13(9)6-10(12)14/h1-2,5H,3-4,6H2,(H2,12,14).